The predicted molar refractivity (Wildman–Crippen MR) is 152 cm³/mol. The SMILES string of the molecule is COc1ccc(CNC(=O)[C@@H](Cc2ccccc2)N(Cc2ccc(OC)cc2)C(=O)Cc2ccccc2)cc1. The van der Waals surface area contributed by atoms with E-state index in [9.17, 15) is 9.59 Å². The number of benzene rings is 4. The van der Waals surface area contributed by atoms with E-state index in [1.54, 1.807) is 19.1 Å². The van der Waals surface area contributed by atoms with Gasteiger partial charge in [-0.1, -0.05) is 84.9 Å². The van der Waals surface area contributed by atoms with Crippen molar-refractivity contribution in [2.45, 2.75) is 32.0 Å². The Morgan fingerprint density at radius 2 is 1.18 bits per heavy atom. The summed E-state index contributed by atoms with van der Waals surface area (Å²) in [7, 11) is 3.24. The third kappa shape index (κ3) is 7.95. The minimum Gasteiger partial charge on any atom is -0.497 e. The number of carbonyl (C=O) groups excluding carboxylic acids is 2. The largest absolute Gasteiger partial charge is 0.497 e. The zero-order valence-electron chi connectivity index (χ0n) is 22.4. The van der Waals surface area contributed by atoms with E-state index in [1.807, 2.05) is 109 Å². The van der Waals surface area contributed by atoms with Crippen LogP contribution in [-0.2, 0) is 35.5 Å². The zero-order chi connectivity index (χ0) is 27.5. The maximum Gasteiger partial charge on any atom is 0.243 e. The summed E-state index contributed by atoms with van der Waals surface area (Å²) in [6.07, 6.45) is 0.597. The lowest BCUT2D eigenvalue weighted by molar-refractivity contribution is -0.140. The molecule has 6 nitrogen and oxygen atoms in total. The van der Waals surface area contributed by atoms with Crippen LogP contribution in [0, 0.1) is 0 Å². The Morgan fingerprint density at radius 3 is 1.72 bits per heavy atom. The van der Waals surface area contributed by atoms with Crippen LogP contribution in [0.15, 0.2) is 109 Å². The summed E-state index contributed by atoms with van der Waals surface area (Å²) in [5.74, 6) is 1.17. The molecule has 4 aromatic carbocycles. The molecule has 0 aliphatic rings. The van der Waals surface area contributed by atoms with E-state index in [4.69, 9.17) is 9.47 Å². The van der Waals surface area contributed by atoms with Crippen molar-refractivity contribution in [3.05, 3.63) is 131 Å². The Morgan fingerprint density at radius 1 is 0.667 bits per heavy atom. The van der Waals surface area contributed by atoms with Crippen molar-refractivity contribution in [2.24, 2.45) is 0 Å². The number of hydrogen-bond acceptors (Lipinski definition) is 4. The molecule has 0 aliphatic carbocycles. The number of hydrogen-bond donors (Lipinski definition) is 1. The quantitative estimate of drug-likeness (QED) is 0.278. The van der Waals surface area contributed by atoms with Gasteiger partial charge in [-0.05, 0) is 46.5 Å². The first-order valence-electron chi connectivity index (χ1n) is 13.0. The van der Waals surface area contributed by atoms with Gasteiger partial charge in [-0.25, -0.2) is 0 Å². The van der Waals surface area contributed by atoms with Gasteiger partial charge >= 0.3 is 0 Å². The Bertz CT molecular complexity index is 1320. The first-order chi connectivity index (χ1) is 19.1. The van der Waals surface area contributed by atoms with E-state index >= 15 is 0 Å². The van der Waals surface area contributed by atoms with Gasteiger partial charge in [-0.3, -0.25) is 9.59 Å². The standard InChI is InChI=1S/C33H34N2O4/c1-38-29-17-13-27(14-18-29)23-34-33(37)31(21-25-9-5-3-6-10-25)35(24-28-15-19-30(39-2)20-16-28)32(36)22-26-11-7-4-8-12-26/h3-20,31H,21-24H2,1-2H3,(H,34,37)/t31-/m1/s1. The van der Waals surface area contributed by atoms with Gasteiger partial charge < -0.3 is 19.7 Å². The predicted octanol–water partition coefficient (Wildman–Crippen LogP) is 5.20. The first kappa shape index (κ1) is 27.5. The van der Waals surface area contributed by atoms with Gasteiger partial charge in [0.25, 0.3) is 0 Å². The lowest BCUT2D eigenvalue weighted by Gasteiger charge is -2.32. The number of ether oxygens (including phenoxy) is 2. The van der Waals surface area contributed by atoms with Gasteiger partial charge in [0.15, 0.2) is 0 Å². The van der Waals surface area contributed by atoms with Crippen LogP contribution in [0.3, 0.4) is 0 Å². The summed E-state index contributed by atoms with van der Waals surface area (Å²) >= 11 is 0. The van der Waals surface area contributed by atoms with Crippen LogP contribution >= 0.6 is 0 Å². The number of nitrogens with zero attached hydrogens (tertiary/aromatic N) is 1. The van der Waals surface area contributed by atoms with E-state index in [0.717, 1.165) is 33.8 Å². The second-order valence-electron chi connectivity index (χ2n) is 9.30. The summed E-state index contributed by atoms with van der Waals surface area (Å²) in [4.78, 5) is 29.3. The topological polar surface area (TPSA) is 67.9 Å². The van der Waals surface area contributed by atoms with Crippen molar-refractivity contribution in [2.75, 3.05) is 14.2 Å². The van der Waals surface area contributed by atoms with Crippen LogP contribution in [0.2, 0.25) is 0 Å². The fourth-order valence-electron chi connectivity index (χ4n) is 4.40. The van der Waals surface area contributed by atoms with E-state index in [2.05, 4.69) is 5.32 Å². The minimum absolute atomic E-state index is 0.113. The molecular weight excluding hydrogens is 488 g/mol. The maximum absolute atomic E-state index is 13.8. The molecule has 4 rings (SSSR count). The molecule has 0 radical (unpaired) electrons. The van der Waals surface area contributed by atoms with Gasteiger partial charge in [-0.2, -0.15) is 0 Å². The number of amides is 2. The molecule has 1 atom stereocenters. The van der Waals surface area contributed by atoms with Crippen LogP contribution in [0.5, 0.6) is 11.5 Å². The third-order valence-corrected chi connectivity index (χ3v) is 6.61. The number of methoxy groups -OCH3 is 2. The van der Waals surface area contributed by atoms with E-state index in [1.165, 1.54) is 0 Å². The monoisotopic (exact) mass is 522 g/mol. The summed E-state index contributed by atoms with van der Waals surface area (Å²) in [5.41, 5.74) is 3.74. The Hall–Kier alpha value is -4.58. The van der Waals surface area contributed by atoms with E-state index in [0.29, 0.717) is 19.5 Å². The van der Waals surface area contributed by atoms with Crippen LogP contribution in [0.4, 0.5) is 0 Å². The van der Waals surface area contributed by atoms with Crippen molar-refractivity contribution in [1.29, 1.82) is 0 Å². The van der Waals surface area contributed by atoms with Crippen molar-refractivity contribution >= 4 is 11.8 Å². The highest BCUT2D eigenvalue weighted by molar-refractivity contribution is 5.88. The van der Waals surface area contributed by atoms with Crippen LogP contribution in [0.1, 0.15) is 22.3 Å². The molecular formula is C33H34N2O4. The van der Waals surface area contributed by atoms with Crippen LogP contribution in [0.25, 0.3) is 0 Å². The molecule has 6 heteroatoms. The lowest BCUT2D eigenvalue weighted by atomic mass is 10.0. The van der Waals surface area contributed by atoms with E-state index < -0.39 is 6.04 Å². The summed E-state index contributed by atoms with van der Waals surface area (Å²) in [6, 6.07) is 33.9. The summed E-state index contributed by atoms with van der Waals surface area (Å²) in [6.45, 7) is 0.639. The molecule has 39 heavy (non-hydrogen) atoms. The van der Waals surface area contributed by atoms with Gasteiger partial charge in [0.1, 0.15) is 17.5 Å². The molecule has 1 N–H and O–H groups in total. The van der Waals surface area contributed by atoms with Crippen LogP contribution < -0.4 is 14.8 Å². The number of nitrogens with one attached hydrogen (secondary N) is 1. The molecule has 0 spiro atoms. The average Bonchev–Trinajstić information content (AvgIpc) is 2.99. The normalized spacial score (nSPS) is 11.3. The summed E-state index contributed by atoms with van der Waals surface area (Å²) < 4.78 is 10.5. The molecule has 0 aliphatic heterocycles. The second-order valence-corrected chi connectivity index (χ2v) is 9.30. The Balaban J connectivity index is 1.62. The number of carbonyl (C=O) groups is 2. The highest BCUT2D eigenvalue weighted by Crippen LogP contribution is 2.19. The second kappa shape index (κ2) is 13.8. The molecule has 0 unspecified atom stereocenters. The summed E-state index contributed by atoms with van der Waals surface area (Å²) in [5, 5.41) is 3.07. The minimum atomic E-state index is -0.705. The molecule has 2 amide bonds. The molecule has 0 saturated carbocycles. The molecule has 0 heterocycles. The maximum atomic E-state index is 13.8. The van der Waals surface area contributed by atoms with Crippen molar-refractivity contribution < 1.29 is 19.1 Å². The van der Waals surface area contributed by atoms with Gasteiger partial charge in [0.05, 0.1) is 20.6 Å². The Labute approximate surface area is 230 Å². The molecule has 0 aromatic heterocycles. The average molecular weight is 523 g/mol. The molecule has 0 saturated heterocycles. The first-order valence-corrected chi connectivity index (χ1v) is 13.0. The molecule has 200 valence electrons. The fourth-order valence-corrected chi connectivity index (χ4v) is 4.40. The van der Waals surface area contributed by atoms with Crippen LogP contribution in [-0.4, -0.2) is 37.0 Å². The van der Waals surface area contributed by atoms with Crippen molar-refractivity contribution in [3.63, 3.8) is 0 Å². The molecule has 0 fully saturated rings. The van der Waals surface area contributed by atoms with Gasteiger partial charge in [0, 0.05) is 19.5 Å². The fraction of sp³-hybridized carbons (Fsp3) is 0.212. The number of rotatable bonds is 12. The highest BCUT2D eigenvalue weighted by atomic mass is 16.5. The zero-order valence-corrected chi connectivity index (χ0v) is 22.4. The molecule has 4 aromatic rings. The van der Waals surface area contributed by atoms with Gasteiger partial charge in [-0.15, -0.1) is 0 Å². The van der Waals surface area contributed by atoms with Gasteiger partial charge in [0.2, 0.25) is 11.8 Å². The van der Waals surface area contributed by atoms with E-state index in [-0.39, 0.29) is 18.2 Å². The smallest absolute Gasteiger partial charge is 0.243 e. The Kier molecular flexibility index (Phi) is 9.73. The highest BCUT2D eigenvalue weighted by Gasteiger charge is 2.30. The van der Waals surface area contributed by atoms with Crippen molar-refractivity contribution in [3.8, 4) is 11.5 Å². The van der Waals surface area contributed by atoms with Crippen molar-refractivity contribution in [1.82, 2.24) is 10.2 Å². The third-order valence-electron chi connectivity index (χ3n) is 6.61. The lowest BCUT2D eigenvalue weighted by Crippen LogP contribution is -2.50. The molecule has 0 bridgehead atoms.